The molecule has 1 aromatic heterocycles. The molecule has 0 saturated carbocycles. The molecule has 4 heteroatoms. The van der Waals surface area contributed by atoms with Crippen LogP contribution in [0.25, 0.3) is 11.3 Å². The maximum absolute atomic E-state index is 12.6. The zero-order valence-electron chi connectivity index (χ0n) is 12.0. The fraction of sp³-hybridized carbons (Fsp3) is 0.0556. The predicted molar refractivity (Wildman–Crippen MR) is 87.1 cm³/mol. The Morgan fingerprint density at radius 2 is 1.64 bits per heavy atom. The lowest BCUT2D eigenvalue weighted by Crippen LogP contribution is -2.05. The molecule has 0 aliphatic carbocycles. The first-order valence-electron chi connectivity index (χ1n) is 6.85. The van der Waals surface area contributed by atoms with E-state index in [-0.39, 0.29) is 10.9 Å². The number of hydrogen-bond acceptors (Lipinski definition) is 3. The van der Waals surface area contributed by atoms with Crippen molar-refractivity contribution in [3.8, 4) is 11.3 Å². The third kappa shape index (κ3) is 2.90. The van der Waals surface area contributed by atoms with Crippen LogP contribution in [0.1, 0.15) is 21.5 Å². The van der Waals surface area contributed by atoms with Crippen molar-refractivity contribution >= 4 is 17.4 Å². The lowest BCUT2D eigenvalue weighted by atomic mass is 10.0. The van der Waals surface area contributed by atoms with E-state index in [9.17, 15) is 4.79 Å². The monoisotopic (exact) mass is 308 g/mol. The smallest absolute Gasteiger partial charge is 0.196 e. The van der Waals surface area contributed by atoms with E-state index in [2.05, 4.69) is 10.2 Å². The number of rotatable bonds is 3. The van der Waals surface area contributed by atoms with Gasteiger partial charge in [-0.05, 0) is 13.0 Å². The van der Waals surface area contributed by atoms with E-state index in [1.165, 1.54) is 0 Å². The van der Waals surface area contributed by atoms with Crippen LogP contribution < -0.4 is 0 Å². The summed E-state index contributed by atoms with van der Waals surface area (Å²) in [6.45, 7) is 2.02. The van der Waals surface area contributed by atoms with Crippen molar-refractivity contribution in [1.29, 1.82) is 0 Å². The van der Waals surface area contributed by atoms with Gasteiger partial charge in [-0.25, -0.2) is 0 Å². The van der Waals surface area contributed by atoms with Gasteiger partial charge in [0.05, 0.1) is 11.3 Å². The zero-order chi connectivity index (χ0) is 15.5. The molecule has 22 heavy (non-hydrogen) atoms. The van der Waals surface area contributed by atoms with E-state index in [4.69, 9.17) is 11.6 Å². The summed E-state index contributed by atoms with van der Waals surface area (Å²) in [7, 11) is 0. The van der Waals surface area contributed by atoms with Gasteiger partial charge >= 0.3 is 0 Å². The van der Waals surface area contributed by atoms with Gasteiger partial charge in [0.25, 0.3) is 0 Å². The normalized spacial score (nSPS) is 10.5. The minimum Gasteiger partial charge on any atom is -0.288 e. The lowest BCUT2D eigenvalue weighted by Gasteiger charge is -2.06. The number of carbonyl (C=O) groups is 1. The van der Waals surface area contributed by atoms with Gasteiger partial charge in [-0.3, -0.25) is 4.79 Å². The molecule has 108 valence electrons. The first kappa shape index (κ1) is 14.4. The Bertz CT molecular complexity index is 814. The summed E-state index contributed by atoms with van der Waals surface area (Å²) in [5.74, 6) is -0.158. The van der Waals surface area contributed by atoms with E-state index >= 15 is 0 Å². The maximum Gasteiger partial charge on any atom is 0.196 e. The number of aryl methyl sites for hydroxylation is 1. The second-order valence-corrected chi connectivity index (χ2v) is 5.35. The lowest BCUT2D eigenvalue weighted by molar-refractivity contribution is 0.103. The molecular weight excluding hydrogens is 296 g/mol. The van der Waals surface area contributed by atoms with Crippen molar-refractivity contribution in [3.05, 3.63) is 82.5 Å². The summed E-state index contributed by atoms with van der Waals surface area (Å²) in [6.07, 6.45) is 0. The third-order valence-corrected chi connectivity index (χ3v) is 3.66. The summed E-state index contributed by atoms with van der Waals surface area (Å²) in [5.41, 5.74) is 3.62. The Kier molecular flexibility index (Phi) is 3.98. The van der Waals surface area contributed by atoms with Gasteiger partial charge in [0.1, 0.15) is 0 Å². The summed E-state index contributed by atoms with van der Waals surface area (Å²) >= 11 is 6.06. The number of nitrogens with zero attached hydrogens (tertiary/aromatic N) is 2. The number of aromatic nitrogens is 2. The maximum atomic E-state index is 12.6. The van der Waals surface area contributed by atoms with Gasteiger partial charge in [-0.1, -0.05) is 71.8 Å². The highest BCUT2D eigenvalue weighted by molar-refractivity contribution is 6.33. The van der Waals surface area contributed by atoms with Gasteiger partial charge in [-0.2, -0.15) is 0 Å². The van der Waals surface area contributed by atoms with Gasteiger partial charge < -0.3 is 0 Å². The summed E-state index contributed by atoms with van der Waals surface area (Å²) in [4.78, 5) is 12.6. The van der Waals surface area contributed by atoms with Crippen LogP contribution in [0.2, 0.25) is 5.15 Å². The first-order chi connectivity index (χ1) is 10.6. The van der Waals surface area contributed by atoms with Crippen molar-refractivity contribution in [3.63, 3.8) is 0 Å². The third-order valence-electron chi connectivity index (χ3n) is 3.38. The Labute approximate surface area is 133 Å². The number of carbonyl (C=O) groups excluding carboxylic acids is 1. The van der Waals surface area contributed by atoms with Crippen LogP contribution in [0.15, 0.2) is 60.7 Å². The van der Waals surface area contributed by atoms with Gasteiger partial charge in [0, 0.05) is 11.1 Å². The van der Waals surface area contributed by atoms with E-state index in [1.807, 2.05) is 49.4 Å². The Morgan fingerprint density at radius 1 is 0.955 bits per heavy atom. The van der Waals surface area contributed by atoms with Gasteiger partial charge in [0.15, 0.2) is 10.9 Å². The van der Waals surface area contributed by atoms with E-state index < -0.39 is 0 Å². The molecule has 3 rings (SSSR count). The average Bonchev–Trinajstić information content (AvgIpc) is 2.56. The molecule has 0 bridgehead atoms. The van der Waals surface area contributed by atoms with Crippen LogP contribution in [0.5, 0.6) is 0 Å². The largest absolute Gasteiger partial charge is 0.288 e. The van der Waals surface area contributed by atoms with Crippen LogP contribution in [-0.4, -0.2) is 16.0 Å². The van der Waals surface area contributed by atoms with Crippen molar-refractivity contribution in [2.45, 2.75) is 6.92 Å². The summed E-state index contributed by atoms with van der Waals surface area (Å²) in [6, 6.07) is 18.6. The second-order valence-electron chi connectivity index (χ2n) is 5.00. The van der Waals surface area contributed by atoms with Crippen molar-refractivity contribution < 1.29 is 4.79 Å². The quantitative estimate of drug-likeness (QED) is 0.676. The molecule has 0 N–H and O–H groups in total. The SMILES string of the molecule is Cc1ccc(-c2cc(C(=O)c3ccccc3)c(Cl)nn2)cc1. The Morgan fingerprint density at radius 3 is 2.32 bits per heavy atom. The predicted octanol–water partition coefficient (Wildman–Crippen LogP) is 4.34. The molecule has 0 unspecified atom stereocenters. The number of hydrogen-bond donors (Lipinski definition) is 0. The highest BCUT2D eigenvalue weighted by Gasteiger charge is 2.16. The number of ketones is 1. The molecule has 0 saturated heterocycles. The van der Waals surface area contributed by atoms with Crippen LogP contribution in [0.3, 0.4) is 0 Å². The molecule has 3 nitrogen and oxygen atoms in total. The van der Waals surface area contributed by atoms with Crippen LogP contribution in [0, 0.1) is 6.92 Å². The van der Waals surface area contributed by atoms with Crippen molar-refractivity contribution in [2.75, 3.05) is 0 Å². The Hall–Kier alpha value is -2.52. The van der Waals surface area contributed by atoms with Crippen molar-refractivity contribution in [1.82, 2.24) is 10.2 Å². The van der Waals surface area contributed by atoms with Crippen LogP contribution in [0.4, 0.5) is 0 Å². The molecule has 0 radical (unpaired) electrons. The van der Waals surface area contributed by atoms with Crippen LogP contribution in [-0.2, 0) is 0 Å². The van der Waals surface area contributed by atoms with Gasteiger partial charge in [-0.15, -0.1) is 10.2 Å². The second kappa shape index (κ2) is 6.08. The molecular formula is C18H13ClN2O. The Balaban J connectivity index is 2.04. The van der Waals surface area contributed by atoms with E-state index in [0.29, 0.717) is 16.8 Å². The summed E-state index contributed by atoms with van der Waals surface area (Å²) < 4.78 is 0. The molecule has 0 aliphatic heterocycles. The fourth-order valence-corrected chi connectivity index (χ4v) is 2.32. The molecule has 1 heterocycles. The first-order valence-corrected chi connectivity index (χ1v) is 7.23. The average molecular weight is 309 g/mol. The van der Waals surface area contributed by atoms with Crippen molar-refractivity contribution in [2.24, 2.45) is 0 Å². The van der Waals surface area contributed by atoms with E-state index in [0.717, 1.165) is 11.1 Å². The highest BCUT2D eigenvalue weighted by atomic mass is 35.5. The fourth-order valence-electron chi connectivity index (χ4n) is 2.15. The molecule has 0 spiro atoms. The molecule has 0 fully saturated rings. The molecule has 3 aromatic rings. The minimum atomic E-state index is -0.158. The minimum absolute atomic E-state index is 0.115. The van der Waals surface area contributed by atoms with Crippen LogP contribution >= 0.6 is 11.6 Å². The molecule has 2 aromatic carbocycles. The molecule has 0 atom stereocenters. The highest BCUT2D eigenvalue weighted by Crippen LogP contribution is 2.23. The van der Waals surface area contributed by atoms with E-state index in [1.54, 1.807) is 18.2 Å². The molecule has 0 amide bonds. The number of benzene rings is 2. The summed E-state index contributed by atoms with van der Waals surface area (Å²) in [5, 5.41) is 8.12. The van der Waals surface area contributed by atoms with Gasteiger partial charge in [0.2, 0.25) is 0 Å². The number of halogens is 1. The topological polar surface area (TPSA) is 42.9 Å². The standard InChI is InChI=1S/C18H13ClN2O/c1-12-7-9-13(10-8-12)16-11-15(18(19)21-20-16)17(22)14-5-3-2-4-6-14/h2-11H,1H3. The molecule has 0 aliphatic rings. The zero-order valence-corrected chi connectivity index (χ0v) is 12.7.